The normalized spacial score (nSPS) is 13.7. The molecule has 0 radical (unpaired) electrons. The standard InChI is InChI=1S/C14H8ClF3O4S/c15-11-5-10-9-4-2-1-3-8(9)7-21-12(10)6-13(11)22-23(19,20)14(16,17)18/h1-6H,7H2. The van der Waals surface area contributed by atoms with E-state index in [-0.39, 0.29) is 17.4 Å². The zero-order chi connectivity index (χ0) is 16.8. The smallest absolute Gasteiger partial charge is 0.488 e. The second-order valence-corrected chi connectivity index (χ2v) is 6.65. The van der Waals surface area contributed by atoms with Crippen molar-refractivity contribution in [2.75, 3.05) is 0 Å². The van der Waals surface area contributed by atoms with Crippen molar-refractivity contribution >= 4 is 21.7 Å². The van der Waals surface area contributed by atoms with Gasteiger partial charge in [0.2, 0.25) is 0 Å². The van der Waals surface area contributed by atoms with Gasteiger partial charge in [0.1, 0.15) is 12.4 Å². The topological polar surface area (TPSA) is 52.6 Å². The summed E-state index contributed by atoms with van der Waals surface area (Å²) in [7, 11) is -5.80. The summed E-state index contributed by atoms with van der Waals surface area (Å²) in [6.07, 6.45) is 0. The summed E-state index contributed by atoms with van der Waals surface area (Å²) in [5.41, 5.74) is -3.30. The molecule has 4 nitrogen and oxygen atoms in total. The van der Waals surface area contributed by atoms with Crippen molar-refractivity contribution in [3.05, 3.63) is 47.0 Å². The quantitative estimate of drug-likeness (QED) is 0.594. The molecule has 0 fully saturated rings. The molecular weight excluding hydrogens is 357 g/mol. The van der Waals surface area contributed by atoms with Crippen LogP contribution in [0.1, 0.15) is 5.56 Å². The number of ether oxygens (including phenoxy) is 1. The van der Waals surface area contributed by atoms with Crippen LogP contribution in [0, 0.1) is 0 Å². The highest BCUT2D eigenvalue weighted by Gasteiger charge is 2.49. The summed E-state index contributed by atoms with van der Waals surface area (Å²) in [6.45, 7) is 0.205. The number of halogens is 4. The lowest BCUT2D eigenvalue weighted by molar-refractivity contribution is -0.0500. The van der Waals surface area contributed by atoms with Gasteiger partial charge in [0, 0.05) is 11.6 Å². The maximum atomic E-state index is 12.4. The van der Waals surface area contributed by atoms with E-state index in [1.807, 2.05) is 12.1 Å². The van der Waals surface area contributed by atoms with Gasteiger partial charge in [-0.25, -0.2) is 0 Å². The van der Waals surface area contributed by atoms with Crippen LogP contribution in [0.5, 0.6) is 11.5 Å². The summed E-state index contributed by atoms with van der Waals surface area (Å²) < 4.78 is 68.9. The Morgan fingerprint density at radius 1 is 1.13 bits per heavy atom. The lowest BCUT2D eigenvalue weighted by atomic mass is 9.97. The van der Waals surface area contributed by atoms with Crippen molar-refractivity contribution < 1.29 is 30.5 Å². The number of alkyl halides is 3. The van der Waals surface area contributed by atoms with Gasteiger partial charge in [0.05, 0.1) is 5.02 Å². The monoisotopic (exact) mass is 364 g/mol. The molecule has 2 aromatic rings. The summed E-state index contributed by atoms with van der Waals surface area (Å²) in [4.78, 5) is 0. The molecule has 122 valence electrons. The highest BCUT2D eigenvalue weighted by atomic mass is 35.5. The van der Waals surface area contributed by atoms with Crippen LogP contribution in [0.3, 0.4) is 0 Å². The van der Waals surface area contributed by atoms with E-state index in [0.29, 0.717) is 5.56 Å². The second kappa shape index (κ2) is 5.31. The number of rotatable bonds is 2. The number of hydrogen-bond donors (Lipinski definition) is 0. The van der Waals surface area contributed by atoms with E-state index in [9.17, 15) is 21.6 Å². The fourth-order valence-corrected chi connectivity index (χ4v) is 2.88. The van der Waals surface area contributed by atoms with Crippen LogP contribution >= 0.6 is 11.6 Å². The van der Waals surface area contributed by atoms with Crippen molar-refractivity contribution in [3.63, 3.8) is 0 Å². The van der Waals surface area contributed by atoms with Gasteiger partial charge >= 0.3 is 15.6 Å². The van der Waals surface area contributed by atoms with E-state index in [0.717, 1.165) is 17.2 Å². The van der Waals surface area contributed by atoms with Crippen molar-refractivity contribution in [2.24, 2.45) is 0 Å². The maximum absolute atomic E-state index is 12.4. The van der Waals surface area contributed by atoms with Gasteiger partial charge in [-0.15, -0.1) is 0 Å². The molecule has 0 saturated carbocycles. The van der Waals surface area contributed by atoms with Crippen LogP contribution < -0.4 is 8.92 Å². The molecule has 9 heteroatoms. The van der Waals surface area contributed by atoms with Crippen LogP contribution in [-0.4, -0.2) is 13.9 Å². The van der Waals surface area contributed by atoms with Gasteiger partial charge in [0.25, 0.3) is 0 Å². The molecule has 0 bridgehead atoms. The molecule has 1 heterocycles. The van der Waals surface area contributed by atoms with Crippen LogP contribution in [-0.2, 0) is 16.7 Å². The third-order valence-corrected chi connectivity index (χ3v) is 4.47. The molecule has 0 spiro atoms. The largest absolute Gasteiger partial charge is 0.534 e. The lowest BCUT2D eigenvalue weighted by Crippen LogP contribution is -2.28. The Balaban J connectivity index is 2.05. The van der Waals surface area contributed by atoms with Crippen LogP contribution in [0.4, 0.5) is 13.2 Å². The SMILES string of the molecule is O=S(=O)(Oc1cc2c(cc1Cl)-c1ccccc1CO2)C(F)(F)F. The highest BCUT2D eigenvalue weighted by Crippen LogP contribution is 2.43. The fraction of sp³-hybridized carbons (Fsp3) is 0.143. The average molecular weight is 365 g/mol. The summed E-state index contributed by atoms with van der Waals surface area (Å²) in [6, 6.07) is 9.61. The molecule has 3 rings (SSSR count). The molecule has 0 amide bonds. The zero-order valence-corrected chi connectivity index (χ0v) is 12.8. The average Bonchev–Trinajstić information content (AvgIpc) is 2.47. The van der Waals surface area contributed by atoms with Crippen LogP contribution in [0.15, 0.2) is 36.4 Å². The Bertz CT molecular complexity index is 878. The Kier molecular flexibility index (Phi) is 3.68. The number of benzene rings is 2. The van der Waals surface area contributed by atoms with E-state index in [1.165, 1.54) is 6.07 Å². The molecular formula is C14H8ClF3O4S. The van der Waals surface area contributed by atoms with E-state index in [2.05, 4.69) is 4.18 Å². The van der Waals surface area contributed by atoms with Gasteiger partial charge in [0.15, 0.2) is 5.75 Å². The minimum atomic E-state index is -5.80. The van der Waals surface area contributed by atoms with Crippen molar-refractivity contribution in [1.29, 1.82) is 0 Å². The Labute approximate surface area is 134 Å². The Hall–Kier alpha value is -1.93. The maximum Gasteiger partial charge on any atom is 0.534 e. The third kappa shape index (κ3) is 2.84. The van der Waals surface area contributed by atoms with E-state index < -0.39 is 21.4 Å². The van der Waals surface area contributed by atoms with Crippen molar-refractivity contribution in [3.8, 4) is 22.6 Å². The van der Waals surface area contributed by atoms with Gasteiger partial charge in [-0.2, -0.15) is 21.6 Å². The van der Waals surface area contributed by atoms with Crippen LogP contribution in [0.2, 0.25) is 5.02 Å². The first-order chi connectivity index (χ1) is 10.7. The first kappa shape index (κ1) is 15.9. The predicted octanol–water partition coefficient (Wildman–Crippen LogP) is 4.13. The second-order valence-electron chi connectivity index (χ2n) is 4.71. The molecule has 2 aromatic carbocycles. The summed E-state index contributed by atoms with van der Waals surface area (Å²) >= 11 is 5.87. The molecule has 0 saturated heterocycles. The zero-order valence-electron chi connectivity index (χ0n) is 11.2. The van der Waals surface area contributed by atoms with Crippen LogP contribution in [0.25, 0.3) is 11.1 Å². The van der Waals surface area contributed by atoms with Gasteiger partial charge in [-0.3, -0.25) is 0 Å². The number of hydrogen-bond acceptors (Lipinski definition) is 4. The van der Waals surface area contributed by atoms with E-state index >= 15 is 0 Å². The first-order valence-electron chi connectivity index (χ1n) is 6.24. The van der Waals surface area contributed by atoms with Crippen molar-refractivity contribution in [2.45, 2.75) is 12.1 Å². The first-order valence-corrected chi connectivity index (χ1v) is 8.03. The van der Waals surface area contributed by atoms with Gasteiger partial charge in [-0.1, -0.05) is 35.9 Å². The molecule has 0 atom stereocenters. The Morgan fingerprint density at radius 3 is 2.52 bits per heavy atom. The molecule has 23 heavy (non-hydrogen) atoms. The van der Waals surface area contributed by atoms with E-state index in [4.69, 9.17) is 16.3 Å². The fourth-order valence-electron chi connectivity index (χ4n) is 2.16. The molecule has 1 aliphatic heterocycles. The number of fused-ring (bicyclic) bond motifs is 3. The lowest BCUT2D eigenvalue weighted by Gasteiger charge is -2.22. The highest BCUT2D eigenvalue weighted by molar-refractivity contribution is 7.88. The van der Waals surface area contributed by atoms with Gasteiger partial charge < -0.3 is 8.92 Å². The Morgan fingerprint density at radius 2 is 1.83 bits per heavy atom. The molecule has 1 aliphatic rings. The predicted molar refractivity (Wildman–Crippen MR) is 76.8 cm³/mol. The minimum absolute atomic E-state index is 0.195. The third-order valence-electron chi connectivity index (χ3n) is 3.21. The molecule has 0 N–H and O–H groups in total. The summed E-state index contributed by atoms with van der Waals surface area (Å²) in [5.74, 6) is -0.442. The minimum Gasteiger partial charge on any atom is -0.488 e. The van der Waals surface area contributed by atoms with Crippen molar-refractivity contribution in [1.82, 2.24) is 0 Å². The molecule has 0 unspecified atom stereocenters. The molecule has 0 aromatic heterocycles. The van der Waals surface area contributed by atoms with Gasteiger partial charge in [-0.05, 0) is 17.2 Å². The van der Waals surface area contributed by atoms with E-state index in [1.54, 1.807) is 12.1 Å². The molecule has 0 aliphatic carbocycles. The summed E-state index contributed by atoms with van der Waals surface area (Å²) in [5, 5.41) is -0.267.